The van der Waals surface area contributed by atoms with E-state index in [1.807, 2.05) is 13.8 Å². The predicted octanol–water partition coefficient (Wildman–Crippen LogP) is 3.06. The third-order valence-corrected chi connectivity index (χ3v) is 3.31. The number of benzene rings is 1. The summed E-state index contributed by atoms with van der Waals surface area (Å²) in [6.45, 7) is 4.18. The molecular weight excluding hydrogens is 307 g/mol. The van der Waals surface area contributed by atoms with Crippen molar-refractivity contribution in [3.05, 3.63) is 33.3 Å². The summed E-state index contributed by atoms with van der Waals surface area (Å²) in [4.78, 5) is 11.0. The maximum absolute atomic E-state index is 11.0. The Morgan fingerprint density at radius 3 is 2.58 bits per heavy atom. The van der Waals surface area contributed by atoms with Crippen molar-refractivity contribution in [2.24, 2.45) is 0 Å². The first-order chi connectivity index (χ1) is 8.82. The smallest absolute Gasteiger partial charge is 0.337 e. The Balaban J connectivity index is 2.86. The van der Waals surface area contributed by atoms with Crippen LogP contribution >= 0.6 is 35.4 Å². The monoisotopic (exact) mass is 320 g/mol. The molecule has 1 aromatic carbocycles. The van der Waals surface area contributed by atoms with E-state index in [1.54, 1.807) is 0 Å². The summed E-state index contributed by atoms with van der Waals surface area (Å²) in [5.41, 5.74) is 0.529. The first-order valence-electron chi connectivity index (χ1n) is 5.57. The van der Waals surface area contributed by atoms with Crippen LogP contribution in [0.25, 0.3) is 0 Å². The van der Waals surface area contributed by atoms with Crippen LogP contribution in [-0.4, -0.2) is 22.2 Å². The second kappa shape index (κ2) is 6.93. The summed E-state index contributed by atoms with van der Waals surface area (Å²) in [6, 6.07) is 3.09. The molecule has 0 heterocycles. The Bertz CT molecular complexity index is 507. The topological polar surface area (TPSA) is 61.4 Å². The minimum atomic E-state index is -1.09. The molecule has 0 radical (unpaired) electrons. The largest absolute Gasteiger partial charge is 0.478 e. The first kappa shape index (κ1) is 16.0. The summed E-state index contributed by atoms with van der Waals surface area (Å²) in [5, 5.41) is 15.9. The molecule has 19 heavy (non-hydrogen) atoms. The van der Waals surface area contributed by atoms with Crippen molar-refractivity contribution in [1.29, 1.82) is 0 Å². The van der Waals surface area contributed by atoms with Crippen molar-refractivity contribution in [2.45, 2.75) is 26.4 Å². The maximum atomic E-state index is 11.0. The van der Waals surface area contributed by atoms with E-state index in [2.05, 4.69) is 10.6 Å². The fourth-order valence-corrected chi connectivity index (χ4v) is 2.30. The lowest BCUT2D eigenvalue weighted by molar-refractivity contribution is 0.0697. The van der Waals surface area contributed by atoms with Crippen LogP contribution in [0.4, 0.5) is 0 Å². The van der Waals surface area contributed by atoms with Gasteiger partial charge < -0.3 is 15.7 Å². The average Bonchev–Trinajstić information content (AvgIpc) is 2.27. The van der Waals surface area contributed by atoms with E-state index < -0.39 is 5.97 Å². The van der Waals surface area contributed by atoms with Gasteiger partial charge in [0.25, 0.3) is 0 Å². The van der Waals surface area contributed by atoms with Gasteiger partial charge in [-0.1, -0.05) is 23.2 Å². The molecule has 0 aliphatic carbocycles. The lowest BCUT2D eigenvalue weighted by atomic mass is 10.1. The zero-order valence-corrected chi connectivity index (χ0v) is 12.8. The highest BCUT2D eigenvalue weighted by atomic mass is 35.5. The molecule has 0 saturated heterocycles. The summed E-state index contributed by atoms with van der Waals surface area (Å²) in [7, 11) is 0. The van der Waals surface area contributed by atoms with Gasteiger partial charge in [0.2, 0.25) is 0 Å². The molecule has 7 heteroatoms. The number of hydrogen-bond acceptors (Lipinski definition) is 2. The highest BCUT2D eigenvalue weighted by molar-refractivity contribution is 7.80. The van der Waals surface area contributed by atoms with Crippen molar-refractivity contribution >= 4 is 46.5 Å². The van der Waals surface area contributed by atoms with Crippen LogP contribution in [0, 0.1) is 0 Å². The highest BCUT2D eigenvalue weighted by Gasteiger charge is 2.15. The van der Waals surface area contributed by atoms with E-state index >= 15 is 0 Å². The normalized spacial score (nSPS) is 10.4. The molecule has 0 unspecified atom stereocenters. The lowest BCUT2D eigenvalue weighted by Gasteiger charge is -2.15. The Kier molecular flexibility index (Phi) is 5.85. The van der Waals surface area contributed by atoms with Gasteiger partial charge in [-0.25, -0.2) is 4.79 Å². The van der Waals surface area contributed by atoms with E-state index in [-0.39, 0.29) is 23.2 Å². The number of carboxylic acid groups (broad SMARTS) is 1. The number of aromatic carboxylic acids is 1. The van der Waals surface area contributed by atoms with Crippen LogP contribution in [-0.2, 0) is 6.54 Å². The molecule has 0 aliphatic heterocycles. The first-order valence-corrected chi connectivity index (χ1v) is 6.74. The highest BCUT2D eigenvalue weighted by Crippen LogP contribution is 2.28. The van der Waals surface area contributed by atoms with Crippen molar-refractivity contribution in [2.75, 3.05) is 0 Å². The van der Waals surface area contributed by atoms with Crippen molar-refractivity contribution in [1.82, 2.24) is 10.6 Å². The van der Waals surface area contributed by atoms with Crippen LogP contribution in [0.15, 0.2) is 12.1 Å². The van der Waals surface area contributed by atoms with Gasteiger partial charge >= 0.3 is 5.97 Å². The molecule has 0 saturated carbocycles. The molecule has 1 aromatic rings. The third-order valence-electron chi connectivity index (χ3n) is 2.26. The van der Waals surface area contributed by atoms with Crippen LogP contribution in [0.1, 0.15) is 29.8 Å². The molecule has 0 aliphatic rings. The fraction of sp³-hybridized carbons (Fsp3) is 0.333. The minimum Gasteiger partial charge on any atom is -0.478 e. The SMILES string of the molecule is CC(C)NC(=S)NCc1c(Cl)ccc(C(=O)O)c1Cl. The number of carbonyl (C=O) groups is 1. The number of nitrogens with one attached hydrogen (secondary N) is 2. The Hall–Kier alpha value is -1.04. The zero-order chi connectivity index (χ0) is 14.6. The van der Waals surface area contributed by atoms with E-state index in [9.17, 15) is 4.79 Å². The van der Waals surface area contributed by atoms with Gasteiger partial charge in [0.1, 0.15) is 0 Å². The molecule has 1 rings (SSSR count). The lowest BCUT2D eigenvalue weighted by Crippen LogP contribution is -2.38. The van der Waals surface area contributed by atoms with Gasteiger partial charge in [-0.2, -0.15) is 0 Å². The summed E-state index contributed by atoms with van der Waals surface area (Å²) in [5.74, 6) is -1.09. The molecule has 0 atom stereocenters. The summed E-state index contributed by atoms with van der Waals surface area (Å²) < 4.78 is 0. The van der Waals surface area contributed by atoms with E-state index in [0.717, 1.165) is 0 Å². The number of carboxylic acids is 1. The van der Waals surface area contributed by atoms with Crippen LogP contribution in [0.2, 0.25) is 10.0 Å². The number of hydrogen-bond donors (Lipinski definition) is 3. The number of halogens is 2. The van der Waals surface area contributed by atoms with Gasteiger partial charge in [0.05, 0.1) is 10.6 Å². The van der Waals surface area contributed by atoms with Crippen molar-refractivity contribution < 1.29 is 9.90 Å². The Morgan fingerprint density at radius 1 is 1.42 bits per heavy atom. The van der Waals surface area contributed by atoms with E-state index in [1.165, 1.54) is 12.1 Å². The summed E-state index contributed by atoms with van der Waals surface area (Å²) >= 11 is 17.1. The van der Waals surface area contributed by atoms with Gasteiger partial charge in [-0.3, -0.25) is 0 Å². The van der Waals surface area contributed by atoms with E-state index in [4.69, 9.17) is 40.5 Å². The van der Waals surface area contributed by atoms with E-state index in [0.29, 0.717) is 15.7 Å². The molecule has 3 N–H and O–H groups in total. The predicted molar refractivity (Wildman–Crippen MR) is 81.1 cm³/mol. The zero-order valence-electron chi connectivity index (χ0n) is 10.5. The van der Waals surface area contributed by atoms with Crippen LogP contribution < -0.4 is 10.6 Å². The van der Waals surface area contributed by atoms with Crippen molar-refractivity contribution in [3.63, 3.8) is 0 Å². The van der Waals surface area contributed by atoms with Crippen molar-refractivity contribution in [3.8, 4) is 0 Å². The molecule has 0 aromatic heterocycles. The van der Waals surface area contributed by atoms with Crippen LogP contribution in [0.3, 0.4) is 0 Å². The number of thiocarbonyl (C=S) groups is 1. The fourth-order valence-electron chi connectivity index (χ4n) is 1.41. The van der Waals surface area contributed by atoms with Crippen LogP contribution in [0.5, 0.6) is 0 Å². The average molecular weight is 321 g/mol. The maximum Gasteiger partial charge on any atom is 0.337 e. The van der Waals surface area contributed by atoms with Gasteiger partial charge in [0, 0.05) is 23.2 Å². The minimum absolute atomic E-state index is 0.0191. The second-order valence-corrected chi connectivity index (χ2v) is 5.37. The van der Waals surface area contributed by atoms with Gasteiger partial charge in [-0.15, -0.1) is 0 Å². The Morgan fingerprint density at radius 2 is 2.05 bits per heavy atom. The molecule has 4 nitrogen and oxygen atoms in total. The summed E-state index contributed by atoms with van der Waals surface area (Å²) in [6.07, 6.45) is 0. The second-order valence-electron chi connectivity index (χ2n) is 4.17. The molecule has 0 amide bonds. The molecule has 0 fully saturated rings. The molecule has 0 spiro atoms. The third kappa shape index (κ3) is 4.53. The molecule has 0 bridgehead atoms. The Labute approximate surface area is 127 Å². The quantitative estimate of drug-likeness (QED) is 0.744. The van der Waals surface area contributed by atoms with Gasteiger partial charge in [0.15, 0.2) is 5.11 Å². The number of rotatable bonds is 4. The molecular formula is C12H14Cl2N2O2S. The standard InChI is InChI=1S/C12H14Cl2N2O2S/c1-6(2)16-12(19)15-5-8-9(13)4-3-7(10(8)14)11(17)18/h3-4,6H,5H2,1-2H3,(H,17,18)(H2,15,16,19). The molecule has 104 valence electrons. The van der Waals surface area contributed by atoms with Gasteiger partial charge in [-0.05, 0) is 38.2 Å².